The second-order valence-corrected chi connectivity index (χ2v) is 10.4. The van der Waals surface area contributed by atoms with E-state index in [1.54, 1.807) is 17.0 Å². The first-order chi connectivity index (χ1) is 19.4. The van der Waals surface area contributed by atoms with Crippen molar-refractivity contribution in [3.05, 3.63) is 63.6 Å². The fraction of sp³-hybridized carbons (Fsp3) is 0.552. The number of ether oxygens (including phenoxy) is 4. The van der Waals surface area contributed by atoms with E-state index < -0.39 is 0 Å². The number of likely N-dealkylation sites (N-methyl/N-ethyl adjacent to an activating group) is 1. The molecule has 11 heteroatoms. The highest BCUT2D eigenvalue weighted by Gasteiger charge is 2.29. The maximum absolute atomic E-state index is 13.4. The summed E-state index contributed by atoms with van der Waals surface area (Å²) < 4.78 is 22.2. The zero-order valence-corrected chi connectivity index (χ0v) is 24.5. The lowest BCUT2D eigenvalue weighted by Gasteiger charge is -2.32. The lowest BCUT2D eigenvalue weighted by atomic mass is 10.0. The number of nitrogens with zero attached hydrogens (tertiary/aromatic N) is 2. The maximum atomic E-state index is 13.4. The van der Waals surface area contributed by atoms with Crippen LogP contribution in [-0.4, -0.2) is 112 Å². The molecule has 0 saturated carbocycles. The van der Waals surface area contributed by atoms with Crippen LogP contribution < -0.4 is 4.74 Å². The number of hydrogen-bond donors (Lipinski definition) is 2. The number of likely N-dealkylation sites (tertiary alicyclic amines) is 1. The number of benzene rings is 2. The number of rotatable bonds is 18. The van der Waals surface area contributed by atoms with Crippen LogP contribution in [0.5, 0.6) is 5.75 Å². The van der Waals surface area contributed by atoms with Crippen LogP contribution in [0.15, 0.2) is 42.5 Å². The lowest BCUT2D eigenvalue weighted by molar-refractivity contribution is -0.131. The summed E-state index contributed by atoms with van der Waals surface area (Å²) in [5, 5.41) is 18.6. The highest BCUT2D eigenvalue weighted by Crippen LogP contribution is 2.27. The molecule has 1 aliphatic heterocycles. The summed E-state index contributed by atoms with van der Waals surface area (Å²) in [6, 6.07) is 12.7. The van der Waals surface area contributed by atoms with E-state index in [1.807, 2.05) is 37.4 Å². The Morgan fingerprint density at radius 3 is 2.38 bits per heavy atom. The number of amides is 1. The van der Waals surface area contributed by atoms with Gasteiger partial charge in [0.1, 0.15) is 12.4 Å². The van der Waals surface area contributed by atoms with Gasteiger partial charge in [-0.15, -0.1) is 0 Å². The second-order valence-electron chi connectivity index (χ2n) is 9.58. The first-order valence-electron chi connectivity index (χ1n) is 13.5. The molecule has 1 aliphatic rings. The molecule has 9 nitrogen and oxygen atoms in total. The molecule has 2 N–H and O–H groups in total. The van der Waals surface area contributed by atoms with Gasteiger partial charge in [0.25, 0.3) is 0 Å². The Balaban J connectivity index is 1.58. The molecule has 0 aromatic heterocycles. The zero-order valence-electron chi connectivity index (χ0n) is 23.0. The van der Waals surface area contributed by atoms with Crippen molar-refractivity contribution in [1.29, 1.82) is 0 Å². The van der Waals surface area contributed by atoms with E-state index in [-0.39, 0.29) is 44.3 Å². The highest BCUT2D eigenvalue weighted by molar-refractivity contribution is 6.42. The summed E-state index contributed by atoms with van der Waals surface area (Å²) in [7, 11) is 1.83. The molecule has 40 heavy (non-hydrogen) atoms. The molecule has 222 valence electrons. The van der Waals surface area contributed by atoms with Crippen LogP contribution in [-0.2, 0) is 25.4 Å². The predicted octanol–water partition coefficient (Wildman–Crippen LogP) is 3.22. The van der Waals surface area contributed by atoms with Gasteiger partial charge < -0.3 is 34.1 Å². The van der Waals surface area contributed by atoms with Gasteiger partial charge in [-0.25, -0.2) is 0 Å². The first-order valence-corrected chi connectivity index (χ1v) is 14.3. The van der Waals surface area contributed by atoms with Gasteiger partial charge in [-0.05, 0) is 41.8 Å². The van der Waals surface area contributed by atoms with Crippen LogP contribution in [0.25, 0.3) is 0 Å². The molecule has 1 saturated heterocycles. The van der Waals surface area contributed by atoms with Crippen LogP contribution in [0.2, 0.25) is 10.0 Å². The fourth-order valence-electron chi connectivity index (χ4n) is 4.53. The number of carbonyl (C=O) groups is 1. The van der Waals surface area contributed by atoms with Crippen molar-refractivity contribution in [2.75, 3.05) is 79.5 Å². The van der Waals surface area contributed by atoms with Crippen molar-refractivity contribution in [3.63, 3.8) is 0 Å². The predicted molar refractivity (Wildman–Crippen MR) is 154 cm³/mol. The zero-order chi connectivity index (χ0) is 28.7. The Morgan fingerprint density at radius 2 is 1.68 bits per heavy atom. The minimum Gasteiger partial charge on any atom is -0.491 e. The van der Waals surface area contributed by atoms with E-state index in [0.29, 0.717) is 55.4 Å². The van der Waals surface area contributed by atoms with Gasteiger partial charge in [0.05, 0.1) is 74.9 Å². The average Bonchev–Trinajstić information content (AvgIpc) is 3.41. The van der Waals surface area contributed by atoms with Gasteiger partial charge in [0.2, 0.25) is 5.91 Å². The lowest BCUT2D eigenvalue weighted by Crippen LogP contribution is -2.39. The van der Waals surface area contributed by atoms with Crippen molar-refractivity contribution in [1.82, 2.24) is 9.80 Å². The largest absolute Gasteiger partial charge is 0.491 e. The van der Waals surface area contributed by atoms with Crippen LogP contribution in [0, 0.1) is 0 Å². The van der Waals surface area contributed by atoms with E-state index in [1.165, 1.54) is 0 Å². The number of hydrogen-bond acceptors (Lipinski definition) is 8. The van der Waals surface area contributed by atoms with Gasteiger partial charge in [-0.1, -0.05) is 41.4 Å². The third-order valence-corrected chi connectivity index (χ3v) is 7.41. The van der Waals surface area contributed by atoms with Gasteiger partial charge in [-0.2, -0.15) is 0 Å². The smallest absolute Gasteiger partial charge is 0.227 e. The molecule has 0 radical (unpaired) electrons. The van der Waals surface area contributed by atoms with Crippen molar-refractivity contribution in [2.24, 2.45) is 0 Å². The molecule has 2 aromatic carbocycles. The quantitative estimate of drug-likeness (QED) is 0.252. The third kappa shape index (κ3) is 10.8. The van der Waals surface area contributed by atoms with Crippen LogP contribution in [0.4, 0.5) is 0 Å². The molecular formula is C29H40Cl2N2O7. The molecule has 1 heterocycles. The summed E-state index contributed by atoms with van der Waals surface area (Å²) in [6.07, 6.45) is 1.21. The Kier molecular flexibility index (Phi) is 14.5. The molecule has 0 bridgehead atoms. The Morgan fingerprint density at radius 1 is 0.975 bits per heavy atom. The highest BCUT2D eigenvalue weighted by atomic mass is 35.5. The second kappa shape index (κ2) is 17.8. The molecular weight excluding hydrogens is 559 g/mol. The van der Waals surface area contributed by atoms with Gasteiger partial charge in [0.15, 0.2) is 0 Å². The topological polar surface area (TPSA) is 101 Å². The molecule has 1 amide bonds. The van der Waals surface area contributed by atoms with Crippen molar-refractivity contribution in [2.45, 2.75) is 25.0 Å². The minimum atomic E-state index is -0.192. The molecule has 0 spiro atoms. The van der Waals surface area contributed by atoms with Crippen LogP contribution in [0.1, 0.15) is 23.6 Å². The number of aliphatic hydroxyl groups excluding tert-OH is 2. The third-order valence-electron chi connectivity index (χ3n) is 6.67. The molecule has 2 aromatic rings. The summed E-state index contributed by atoms with van der Waals surface area (Å²) in [5.41, 5.74) is 1.79. The Bertz CT molecular complexity index is 1030. The normalized spacial score (nSPS) is 16.3. The average molecular weight is 600 g/mol. The first kappa shape index (κ1) is 32.6. The van der Waals surface area contributed by atoms with Gasteiger partial charge >= 0.3 is 0 Å². The monoisotopic (exact) mass is 598 g/mol. The Hall–Kier alpha value is -1.95. The molecule has 1 fully saturated rings. The summed E-state index contributed by atoms with van der Waals surface area (Å²) in [5.74, 6) is 0.634. The van der Waals surface area contributed by atoms with Crippen LogP contribution >= 0.6 is 23.2 Å². The molecule has 0 unspecified atom stereocenters. The van der Waals surface area contributed by atoms with E-state index >= 15 is 0 Å². The summed E-state index contributed by atoms with van der Waals surface area (Å²) >= 11 is 12.2. The van der Waals surface area contributed by atoms with E-state index in [9.17, 15) is 4.79 Å². The van der Waals surface area contributed by atoms with E-state index in [4.69, 9.17) is 52.4 Å². The maximum Gasteiger partial charge on any atom is 0.227 e. The molecule has 0 aliphatic carbocycles. The SMILES string of the molecule is CN(C(=O)Cc1ccc(Cl)c(Cl)c1)[C@H](CN1CC[C@H](OCCOCCOCCO)C1)c1ccc(OCCO)cc1. The number of aliphatic hydroxyl groups is 2. The molecule has 2 atom stereocenters. The van der Waals surface area contributed by atoms with Crippen LogP contribution in [0.3, 0.4) is 0 Å². The van der Waals surface area contributed by atoms with Crippen molar-refractivity contribution >= 4 is 29.1 Å². The van der Waals surface area contributed by atoms with Gasteiger partial charge in [0, 0.05) is 26.7 Å². The van der Waals surface area contributed by atoms with E-state index in [0.717, 1.165) is 30.6 Å². The standard InChI is InChI=1S/C29H40Cl2N2O7/c1-32(29(36)19-22-2-7-26(30)27(31)18-22)28(23-3-5-24(6-4-23)39-13-11-35)21-33-9-8-25(20-33)40-17-16-38-15-14-37-12-10-34/h2-7,18,25,28,34-35H,8-17,19-21H2,1H3/t25-,28+/m0/s1. The Labute approximate surface area is 246 Å². The van der Waals surface area contributed by atoms with Crippen molar-refractivity contribution in [3.8, 4) is 5.75 Å². The summed E-state index contributed by atoms with van der Waals surface area (Å²) in [6.45, 7) is 4.68. The minimum absolute atomic E-state index is 0.00761. The summed E-state index contributed by atoms with van der Waals surface area (Å²) in [4.78, 5) is 17.5. The fourth-order valence-corrected chi connectivity index (χ4v) is 4.85. The van der Waals surface area contributed by atoms with Gasteiger partial charge in [-0.3, -0.25) is 9.69 Å². The van der Waals surface area contributed by atoms with Crippen molar-refractivity contribution < 1.29 is 34.0 Å². The number of halogens is 2. The number of carbonyl (C=O) groups excluding carboxylic acids is 1. The molecule has 3 rings (SSSR count). The van der Waals surface area contributed by atoms with E-state index in [2.05, 4.69) is 4.90 Å².